The highest BCUT2D eigenvalue weighted by Gasteiger charge is 2.23. The zero-order valence-corrected chi connectivity index (χ0v) is 10.7. The van der Waals surface area contributed by atoms with Crippen molar-refractivity contribution in [3.8, 4) is 0 Å². The molecule has 1 saturated carbocycles. The molecule has 92 valence electrons. The Morgan fingerprint density at radius 2 is 2.12 bits per heavy atom. The smallest absolute Gasteiger partial charge is 0.229 e. The zero-order chi connectivity index (χ0) is 10.7. The molecule has 0 aliphatic heterocycles. The number of rotatable bonds is 4. The predicted molar refractivity (Wildman–Crippen MR) is 65.0 cm³/mol. The van der Waals surface area contributed by atoms with Crippen molar-refractivity contribution in [1.82, 2.24) is 15.5 Å². The summed E-state index contributed by atoms with van der Waals surface area (Å²) in [4.78, 5) is 4.46. The van der Waals surface area contributed by atoms with E-state index in [0.29, 0.717) is 12.0 Å². The third-order valence-electron chi connectivity index (χ3n) is 3.17. The fourth-order valence-electron chi connectivity index (χ4n) is 2.06. The Bertz CT molecular complexity index is 310. The van der Waals surface area contributed by atoms with Crippen LogP contribution in [0.25, 0.3) is 0 Å². The van der Waals surface area contributed by atoms with Crippen molar-refractivity contribution < 1.29 is 4.52 Å². The number of nitrogens with one attached hydrogen (secondary N) is 1. The molecule has 1 aromatic rings. The molecule has 16 heavy (non-hydrogen) atoms. The van der Waals surface area contributed by atoms with Gasteiger partial charge in [0.15, 0.2) is 5.82 Å². The average Bonchev–Trinajstić information content (AvgIpc) is 2.85. The Kier molecular flexibility index (Phi) is 5.22. The lowest BCUT2D eigenvalue weighted by Crippen LogP contribution is -2.24. The molecule has 1 N–H and O–H groups in total. The van der Waals surface area contributed by atoms with Gasteiger partial charge in [-0.2, -0.15) is 4.98 Å². The number of hydrogen-bond donors (Lipinski definition) is 1. The fourth-order valence-corrected chi connectivity index (χ4v) is 2.06. The van der Waals surface area contributed by atoms with E-state index in [4.69, 9.17) is 4.52 Å². The number of aromatic nitrogens is 2. The third kappa shape index (κ3) is 3.19. The second-order valence-corrected chi connectivity index (χ2v) is 4.42. The molecule has 0 aromatic carbocycles. The maximum atomic E-state index is 5.31. The standard InChI is InChI=1S/C11H19N3O.ClH/c1-8(12-2)7-10-13-11(15-14-10)9-5-3-4-6-9;/h8-9,12H,3-7H2,1-2H3;1H. The van der Waals surface area contributed by atoms with E-state index in [-0.39, 0.29) is 12.4 Å². The highest BCUT2D eigenvalue weighted by atomic mass is 35.5. The highest BCUT2D eigenvalue weighted by molar-refractivity contribution is 5.85. The third-order valence-corrected chi connectivity index (χ3v) is 3.17. The molecule has 0 amide bonds. The molecule has 1 unspecified atom stereocenters. The van der Waals surface area contributed by atoms with Crippen LogP contribution in [0.2, 0.25) is 0 Å². The number of hydrogen-bond acceptors (Lipinski definition) is 4. The molecule has 0 spiro atoms. The SMILES string of the molecule is CNC(C)Cc1noc(C2CCCC2)n1.Cl. The van der Waals surface area contributed by atoms with E-state index < -0.39 is 0 Å². The van der Waals surface area contributed by atoms with Gasteiger partial charge in [-0.05, 0) is 26.8 Å². The summed E-state index contributed by atoms with van der Waals surface area (Å²) in [6.45, 7) is 2.12. The predicted octanol–water partition coefficient (Wildman–Crippen LogP) is 2.30. The molecule has 1 aromatic heterocycles. The number of nitrogens with zero attached hydrogens (tertiary/aromatic N) is 2. The lowest BCUT2D eigenvalue weighted by Gasteiger charge is -2.05. The minimum atomic E-state index is 0. The molecule has 0 saturated heterocycles. The topological polar surface area (TPSA) is 51.0 Å². The first-order chi connectivity index (χ1) is 7.29. The van der Waals surface area contributed by atoms with Crippen LogP contribution in [0.4, 0.5) is 0 Å². The molecule has 2 rings (SSSR count). The summed E-state index contributed by atoms with van der Waals surface area (Å²) in [6.07, 6.45) is 5.86. The second kappa shape index (κ2) is 6.21. The van der Waals surface area contributed by atoms with Gasteiger partial charge in [-0.15, -0.1) is 12.4 Å². The molecule has 1 atom stereocenters. The first-order valence-electron chi connectivity index (χ1n) is 5.79. The Labute approximate surface area is 103 Å². The fraction of sp³-hybridized carbons (Fsp3) is 0.818. The van der Waals surface area contributed by atoms with Crippen molar-refractivity contribution in [2.24, 2.45) is 0 Å². The Morgan fingerprint density at radius 1 is 1.44 bits per heavy atom. The molecule has 1 heterocycles. The molecule has 1 aliphatic rings. The summed E-state index contributed by atoms with van der Waals surface area (Å²) in [5, 5.41) is 7.19. The van der Waals surface area contributed by atoms with Crippen LogP contribution in [-0.4, -0.2) is 23.2 Å². The van der Waals surface area contributed by atoms with Gasteiger partial charge in [0.1, 0.15) is 0 Å². The van der Waals surface area contributed by atoms with E-state index in [1.54, 1.807) is 0 Å². The summed E-state index contributed by atoms with van der Waals surface area (Å²) in [5.41, 5.74) is 0. The van der Waals surface area contributed by atoms with Gasteiger partial charge in [0.05, 0.1) is 0 Å². The number of likely N-dealkylation sites (N-methyl/N-ethyl adjacent to an activating group) is 1. The van der Waals surface area contributed by atoms with Crippen LogP contribution in [0.1, 0.15) is 50.2 Å². The van der Waals surface area contributed by atoms with Gasteiger partial charge >= 0.3 is 0 Å². The molecular formula is C11H20ClN3O. The van der Waals surface area contributed by atoms with E-state index >= 15 is 0 Å². The van der Waals surface area contributed by atoms with E-state index in [1.165, 1.54) is 25.7 Å². The largest absolute Gasteiger partial charge is 0.339 e. The minimum absolute atomic E-state index is 0. The molecule has 4 nitrogen and oxygen atoms in total. The summed E-state index contributed by atoms with van der Waals surface area (Å²) < 4.78 is 5.31. The quantitative estimate of drug-likeness (QED) is 0.885. The first kappa shape index (κ1) is 13.5. The molecule has 1 aliphatic carbocycles. The zero-order valence-electron chi connectivity index (χ0n) is 9.90. The first-order valence-corrected chi connectivity index (χ1v) is 5.79. The van der Waals surface area contributed by atoms with Crippen molar-refractivity contribution in [2.45, 2.75) is 51.0 Å². The van der Waals surface area contributed by atoms with Crippen LogP contribution in [-0.2, 0) is 6.42 Å². The van der Waals surface area contributed by atoms with Crippen molar-refractivity contribution in [2.75, 3.05) is 7.05 Å². The van der Waals surface area contributed by atoms with Crippen LogP contribution < -0.4 is 5.32 Å². The van der Waals surface area contributed by atoms with Crippen LogP contribution in [0, 0.1) is 0 Å². The summed E-state index contributed by atoms with van der Waals surface area (Å²) in [6, 6.07) is 0.402. The van der Waals surface area contributed by atoms with Gasteiger partial charge in [-0.1, -0.05) is 18.0 Å². The van der Waals surface area contributed by atoms with Crippen LogP contribution in [0.15, 0.2) is 4.52 Å². The van der Waals surface area contributed by atoms with Gasteiger partial charge in [-0.25, -0.2) is 0 Å². The maximum Gasteiger partial charge on any atom is 0.229 e. The Hall–Kier alpha value is -0.610. The van der Waals surface area contributed by atoms with Crippen molar-refractivity contribution >= 4 is 12.4 Å². The summed E-state index contributed by atoms with van der Waals surface area (Å²) >= 11 is 0. The molecule has 0 radical (unpaired) electrons. The Balaban J connectivity index is 0.00000128. The average molecular weight is 246 g/mol. The van der Waals surface area contributed by atoms with Crippen LogP contribution in [0.5, 0.6) is 0 Å². The Morgan fingerprint density at radius 3 is 2.75 bits per heavy atom. The highest BCUT2D eigenvalue weighted by Crippen LogP contribution is 2.32. The molecule has 0 bridgehead atoms. The maximum absolute atomic E-state index is 5.31. The number of halogens is 1. The van der Waals surface area contributed by atoms with Crippen molar-refractivity contribution in [3.63, 3.8) is 0 Å². The van der Waals surface area contributed by atoms with Gasteiger partial charge in [0.25, 0.3) is 0 Å². The molecular weight excluding hydrogens is 226 g/mol. The summed E-state index contributed by atoms with van der Waals surface area (Å²) in [7, 11) is 1.95. The van der Waals surface area contributed by atoms with Gasteiger partial charge in [-0.3, -0.25) is 0 Å². The lowest BCUT2D eigenvalue weighted by molar-refractivity contribution is 0.349. The minimum Gasteiger partial charge on any atom is -0.339 e. The monoisotopic (exact) mass is 245 g/mol. The van der Waals surface area contributed by atoms with Gasteiger partial charge < -0.3 is 9.84 Å². The van der Waals surface area contributed by atoms with E-state index in [0.717, 1.165) is 18.1 Å². The van der Waals surface area contributed by atoms with Crippen LogP contribution >= 0.6 is 12.4 Å². The normalized spacial score (nSPS) is 18.4. The van der Waals surface area contributed by atoms with Crippen molar-refractivity contribution in [3.05, 3.63) is 11.7 Å². The lowest BCUT2D eigenvalue weighted by atomic mass is 10.1. The van der Waals surface area contributed by atoms with E-state index in [2.05, 4.69) is 22.4 Å². The van der Waals surface area contributed by atoms with Crippen molar-refractivity contribution in [1.29, 1.82) is 0 Å². The van der Waals surface area contributed by atoms with E-state index in [9.17, 15) is 0 Å². The van der Waals surface area contributed by atoms with Gasteiger partial charge in [0.2, 0.25) is 5.89 Å². The van der Waals surface area contributed by atoms with E-state index in [1.807, 2.05) is 7.05 Å². The second-order valence-electron chi connectivity index (χ2n) is 4.42. The van der Waals surface area contributed by atoms with Crippen LogP contribution in [0.3, 0.4) is 0 Å². The molecule has 5 heteroatoms. The van der Waals surface area contributed by atoms with Gasteiger partial charge in [0, 0.05) is 18.4 Å². The summed E-state index contributed by atoms with van der Waals surface area (Å²) in [5.74, 6) is 2.21. The molecule has 1 fully saturated rings.